The van der Waals surface area contributed by atoms with Gasteiger partial charge in [-0.3, -0.25) is 0 Å². The molecule has 3 N–H and O–H groups in total. The topological polar surface area (TPSA) is 63.8 Å². The number of nitrogens with zero attached hydrogens (tertiary/aromatic N) is 2. The van der Waals surface area contributed by atoms with Crippen LogP contribution >= 0.6 is 0 Å². The molecule has 0 aromatic carbocycles. The predicted molar refractivity (Wildman–Crippen MR) is 62.7 cm³/mol. The van der Waals surface area contributed by atoms with Crippen LogP contribution in [-0.4, -0.2) is 22.6 Å². The van der Waals surface area contributed by atoms with E-state index in [1.807, 2.05) is 13.8 Å². The Morgan fingerprint density at radius 1 is 1.50 bits per heavy atom. The van der Waals surface area contributed by atoms with E-state index < -0.39 is 0 Å². The Morgan fingerprint density at radius 3 is 2.88 bits per heavy atom. The number of nitrogens with one attached hydrogen (secondary N) is 1. The van der Waals surface area contributed by atoms with Crippen LogP contribution in [0.1, 0.15) is 32.4 Å². The van der Waals surface area contributed by atoms with Gasteiger partial charge in [-0.1, -0.05) is 6.92 Å². The SMILES string of the molecule is CCc1ncnc(NC(C)CCCN)c1F. The standard InChI is InChI=1S/C11H19FN4/c1-3-9-10(12)11(15-7-14-9)16-8(2)5-4-6-13/h7-8H,3-6,13H2,1-2H3,(H,14,15,16). The van der Waals surface area contributed by atoms with E-state index in [1.165, 1.54) is 6.33 Å². The minimum atomic E-state index is -0.343. The van der Waals surface area contributed by atoms with E-state index in [0.717, 1.165) is 12.8 Å². The maximum atomic E-state index is 13.7. The predicted octanol–water partition coefficient (Wildman–Crippen LogP) is 1.72. The molecule has 90 valence electrons. The van der Waals surface area contributed by atoms with Crippen molar-refractivity contribution in [1.82, 2.24) is 9.97 Å². The summed E-state index contributed by atoms with van der Waals surface area (Å²) in [4.78, 5) is 7.79. The Kier molecular flexibility index (Phi) is 5.11. The van der Waals surface area contributed by atoms with E-state index in [4.69, 9.17) is 5.73 Å². The summed E-state index contributed by atoms with van der Waals surface area (Å²) in [6.07, 6.45) is 3.78. The minimum absolute atomic E-state index is 0.164. The fourth-order valence-electron chi connectivity index (χ4n) is 1.48. The third-order valence-electron chi connectivity index (χ3n) is 2.42. The summed E-state index contributed by atoms with van der Waals surface area (Å²) in [5.41, 5.74) is 5.87. The Labute approximate surface area is 95.5 Å². The highest BCUT2D eigenvalue weighted by Crippen LogP contribution is 2.15. The van der Waals surface area contributed by atoms with Crippen LogP contribution in [0.3, 0.4) is 0 Å². The van der Waals surface area contributed by atoms with Crippen molar-refractivity contribution in [3.63, 3.8) is 0 Å². The lowest BCUT2D eigenvalue weighted by molar-refractivity contribution is 0.587. The summed E-state index contributed by atoms with van der Waals surface area (Å²) in [7, 11) is 0. The Hall–Kier alpha value is -1.23. The van der Waals surface area contributed by atoms with Gasteiger partial charge < -0.3 is 11.1 Å². The van der Waals surface area contributed by atoms with Crippen molar-refractivity contribution < 1.29 is 4.39 Å². The number of hydrogen-bond donors (Lipinski definition) is 2. The van der Waals surface area contributed by atoms with Gasteiger partial charge in [0.1, 0.15) is 6.33 Å². The molecule has 0 fully saturated rings. The molecular weight excluding hydrogens is 207 g/mol. The smallest absolute Gasteiger partial charge is 0.186 e. The summed E-state index contributed by atoms with van der Waals surface area (Å²) < 4.78 is 13.7. The number of anilines is 1. The van der Waals surface area contributed by atoms with Gasteiger partial charge in [0, 0.05) is 6.04 Å². The molecule has 1 unspecified atom stereocenters. The number of aromatic nitrogens is 2. The first-order chi connectivity index (χ1) is 7.69. The van der Waals surface area contributed by atoms with E-state index in [-0.39, 0.29) is 17.7 Å². The van der Waals surface area contributed by atoms with Crippen molar-refractivity contribution in [3.8, 4) is 0 Å². The van der Waals surface area contributed by atoms with Crippen LogP contribution < -0.4 is 11.1 Å². The molecule has 1 atom stereocenters. The van der Waals surface area contributed by atoms with E-state index in [0.29, 0.717) is 18.7 Å². The zero-order chi connectivity index (χ0) is 12.0. The maximum absolute atomic E-state index is 13.7. The lowest BCUT2D eigenvalue weighted by atomic mass is 10.2. The van der Waals surface area contributed by atoms with Gasteiger partial charge in [0.2, 0.25) is 0 Å². The second-order valence-corrected chi connectivity index (χ2v) is 3.81. The monoisotopic (exact) mass is 226 g/mol. The molecule has 1 aromatic heterocycles. The van der Waals surface area contributed by atoms with Gasteiger partial charge >= 0.3 is 0 Å². The maximum Gasteiger partial charge on any atom is 0.186 e. The van der Waals surface area contributed by atoms with Crippen molar-refractivity contribution in [2.45, 2.75) is 39.2 Å². The molecule has 0 bridgehead atoms. The van der Waals surface area contributed by atoms with Gasteiger partial charge in [-0.05, 0) is 32.7 Å². The van der Waals surface area contributed by atoms with Gasteiger partial charge in [0.25, 0.3) is 0 Å². The second-order valence-electron chi connectivity index (χ2n) is 3.81. The lowest BCUT2D eigenvalue weighted by Gasteiger charge is -2.14. The van der Waals surface area contributed by atoms with Crippen LogP contribution in [0.4, 0.5) is 10.2 Å². The number of hydrogen-bond acceptors (Lipinski definition) is 4. The molecule has 16 heavy (non-hydrogen) atoms. The van der Waals surface area contributed by atoms with Crippen LogP contribution in [0.2, 0.25) is 0 Å². The van der Waals surface area contributed by atoms with E-state index in [2.05, 4.69) is 15.3 Å². The second kappa shape index (κ2) is 6.37. The molecule has 4 nitrogen and oxygen atoms in total. The first kappa shape index (κ1) is 12.8. The van der Waals surface area contributed by atoms with Gasteiger partial charge in [0.05, 0.1) is 5.69 Å². The van der Waals surface area contributed by atoms with E-state index in [9.17, 15) is 4.39 Å². The third kappa shape index (κ3) is 3.41. The van der Waals surface area contributed by atoms with Gasteiger partial charge in [-0.15, -0.1) is 0 Å². The minimum Gasteiger partial charge on any atom is -0.365 e. The lowest BCUT2D eigenvalue weighted by Crippen LogP contribution is -2.19. The molecule has 5 heteroatoms. The number of halogens is 1. The quantitative estimate of drug-likeness (QED) is 0.775. The first-order valence-electron chi connectivity index (χ1n) is 5.65. The van der Waals surface area contributed by atoms with E-state index in [1.54, 1.807) is 0 Å². The molecule has 1 heterocycles. The molecule has 0 radical (unpaired) electrons. The molecule has 0 spiro atoms. The number of nitrogens with two attached hydrogens (primary N) is 1. The zero-order valence-electron chi connectivity index (χ0n) is 9.83. The Bertz CT molecular complexity index is 330. The molecular formula is C11H19FN4. The highest BCUT2D eigenvalue weighted by atomic mass is 19.1. The summed E-state index contributed by atoms with van der Waals surface area (Å²) in [6, 6.07) is 0.164. The number of rotatable bonds is 6. The third-order valence-corrected chi connectivity index (χ3v) is 2.42. The molecule has 0 aliphatic carbocycles. The van der Waals surface area contributed by atoms with Crippen LogP contribution in [0, 0.1) is 5.82 Å². The van der Waals surface area contributed by atoms with Gasteiger partial charge in [-0.2, -0.15) is 0 Å². The molecule has 0 saturated carbocycles. The Balaban J connectivity index is 2.66. The van der Waals surface area contributed by atoms with Crippen molar-refractivity contribution in [2.24, 2.45) is 5.73 Å². The molecule has 0 aliphatic heterocycles. The van der Waals surface area contributed by atoms with Crippen molar-refractivity contribution in [3.05, 3.63) is 17.8 Å². The van der Waals surface area contributed by atoms with Crippen LogP contribution in [0.15, 0.2) is 6.33 Å². The largest absolute Gasteiger partial charge is 0.365 e. The molecule has 0 saturated heterocycles. The summed E-state index contributed by atoms with van der Waals surface area (Å²) in [5, 5.41) is 3.04. The first-order valence-corrected chi connectivity index (χ1v) is 5.65. The molecule has 1 rings (SSSR count). The van der Waals surface area contributed by atoms with Crippen molar-refractivity contribution in [2.75, 3.05) is 11.9 Å². The summed E-state index contributed by atoms with van der Waals surface area (Å²) in [6.45, 7) is 4.51. The van der Waals surface area contributed by atoms with Crippen LogP contribution in [-0.2, 0) is 6.42 Å². The highest BCUT2D eigenvalue weighted by Gasteiger charge is 2.11. The van der Waals surface area contributed by atoms with Gasteiger partial charge in [0.15, 0.2) is 11.6 Å². The van der Waals surface area contributed by atoms with Crippen LogP contribution in [0.25, 0.3) is 0 Å². The average molecular weight is 226 g/mol. The fourth-order valence-corrected chi connectivity index (χ4v) is 1.48. The van der Waals surface area contributed by atoms with Crippen LogP contribution in [0.5, 0.6) is 0 Å². The average Bonchev–Trinajstić information content (AvgIpc) is 2.29. The Morgan fingerprint density at radius 2 is 2.25 bits per heavy atom. The summed E-state index contributed by atoms with van der Waals surface area (Å²) in [5.74, 6) is -0.0547. The van der Waals surface area contributed by atoms with Gasteiger partial charge in [-0.25, -0.2) is 14.4 Å². The molecule has 0 amide bonds. The van der Waals surface area contributed by atoms with E-state index >= 15 is 0 Å². The van der Waals surface area contributed by atoms with Crippen molar-refractivity contribution in [1.29, 1.82) is 0 Å². The fraction of sp³-hybridized carbons (Fsp3) is 0.636. The van der Waals surface area contributed by atoms with Crippen molar-refractivity contribution >= 4 is 5.82 Å². The molecule has 0 aliphatic rings. The summed E-state index contributed by atoms with van der Waals surface area (Å²) >= 11 is 0. The number of aryl methyl sites for hydroxylation is 1. The normalized spacial score (nSPS) is 12.5. The highest BCUT2D eigenvalue weighted by molar-refractivity contribution is 5.38. The molecule has 1 aromatic rings. The zero-order valence-corrected chi connectivity index (χ0v) is 9.83.